The van der Waals surface area contributed by atoms with Crippen molar-refractivity contribution in [2.24, 2.45) is 0 Å². The van der Waals surface area contributed by atoms with Gasteiger partial charge in [-0.15, -0.1) is 0 Å². The van der Waals surface area contributed by atoms with Crippen LogP contribution in [-0.4, -0.2) is 44.0 Å². The first kappa shape index (κ1) is 42.4. The fraction of sp³-hybridized carbons (Fsp3) is 0. The first-order valence-electron chi connectivity index (χ1n) is 23.1. The average Bonchev–Trinajstić information content (AvgIpc) is 4.16. The summed E-state index contributed by atoms with van der Waals surface area (Å²) in [5, 5.41) is 0. The molecule has 0 aliphatic rings. The van der Waals surface area contributed by atoms with Gasteiger partial charge in [0.2, 0.25) is 0 Å². The van der Waals surface area contributed by atoms with Gasteiger partial charge in [0.05, 0.1) is 53.5 Å². The Bertz CT molecular complexity index is 3630. The average molecular weight is 916 g/mol. The van der Waals surface area contributed by atoms with Crippen molar-refractivity contribution in [1.82, 2.24) is 44.0 Å². The van der Waals surface area contributed by atoms with Gasteiger partial charge in [-0.1, -0.05) is 84.9 Å². The van der Waals surface area contributed by atoms with Gasteiger partial charge in [0.25, 0.3) is 0 Å². The van der Waals surface area contributed by atoms with Gasteiger partial charge in [0, 0.05) is 81.3 Å². The van der Waals surface area contributed by atoms with E-state index in [0.717, 1.165) is 95.5 Å². The normalized spacial score (nSPS) is 11.1. The van der Waals surface area contributed by atoms with E-state index in [2.05, 4.69) is 137 Å². The van der Waals surface area contributed by atoms with Crippen LogP contribution in [-0.2, 0) is 0 Å². The van der Waals surface area contributed by atoms with Crippen LogP contribution in [0.4, 0.5) is 0 Å². The largest absolute Gasteiger partial charge is 0.457 e. The minimum atomic E-state index is 0.600. The van der Waals surface area contributed by atoms with Crippen LogP contribution >= 0.6 is 0 Å². The van der Waals surface area contributed by atoms with E-state index >= 15 is 0 Å². The van der Waals surface area contributed by atoms with Gasteiger partial charge < -0.3 is 4.74 Å². The third-order valence-electron chi connectivity index (χ3n) is 12.4. The molecular weight excluding hydrogens is 875 g/mol. The maximum absolute atomic E-state index is 6.93. The molecule has 0 atom stereocenters. The zero-order valence-corrected chi connectivity index (χ0v) is 38.1. The second-order valence-corrected chi connectivity index (χ2v) is 16.8. The number of imidazole rings is 2. The lowest BCUT2D eigenvalue weighted by Crippen LogP contribution is -1.99. The molecule has 0 spiro atoms. The molecule has 10 heteroatoms. The van der Waals surface area contributed by atoms with Crippen LogP contribution in [0.25, 0.3) is 101 Å². The predicted octanol–water partition coefficient (Wildman–Crippen LogP) is 14.2. The summed E-state index contributed by atoms with van der Waals surface area (Å²) in [4.78, 5) is 32.4. The quantitative estimate of drug-likeness (QED) is 0.119. The topological polar surface area (TPSA) is 109 Å². The van der Waals surface area contributed by atoms with Crippen LogP contribution < -0.4 is 4.74 Å². The molecule has 6 aromatic heterocycles. The van der Waals surface area contributed by atoms with Crippen molar-refractivity contribution in [3.63, 3.8) is 0 Å². The Labute approximate surface area is 410 Å². The van der Waals surface area contributed by atoms with Crippen LogP contribution in [0.15, 0.2) is 250 Å². The lowest BCUT2D eigenvalue weighted by molar-refractivity contribution is 0.485. The molecule has 0 radical (unpaired) electrons. The molecule has 0 amide bonds. The van der Waals surface area contributed by atoms with Crippen LogP contribution in [0.2, 0.25) is 0 Å². The molecule has 0 aliphatic heterocycles. The predicted molar refractivity (Wildman–Crippen MR) is 280 cm³/mol. The van der Waals surface area contributed by atoms with E-state index in [9.17, 15) is 0 Å². The van der Waals surface area contributed by atoms with E-state index < -0.39 is 0 Å². The van der Waals surface area contributed by atoms with Crippen molar-refractivity contribution in [2.75, 3.05) is 0 Å². The van der Waals surface area contributed by atoms with Crippen molar-refractivity contribution >= 4 is 0 Å². The second kappa shape index (κ2) is 19.0. The van der Waals surface area contributed by atoms with E-state index in [4.69, 9.17) is 14.7 Å². The summed E-state index contributed by atoms with van der Waals surface area (Å²) >= 11 is 0. The summed E-state index contributed by atoms with van der Waals surface area (Å²) in [6.45, 7) is 0. The van der Waals surface area contributed by atoms with E-state index in [1.165, 1.54) is 0 Å². The van der Waals surface area contributed by atoms with Crippen molar-refractivity contribution in [3.05, 3.63) is 250 Å². The molecule has 0 fully saturated rings. The highest BCUT2D eigenvalue weighted by Gasteiger charge is 2.20. The van der Waals surface area contributed by atoms with Crippen molar-refractivity contribution in [3.8, 4) is 113 Å². The molecule has 336 valence electrons. The molecule has 0 saturated heterocycles. The maximum atomic E-state index is 6.93. The van der Waals surface area contributed by atoms with Crippen molar-refractivity contribution in [2.45, 2.75) is 0 Å². The highest BCUT2D eigenvalue weighted by molar-refractivity contribution is 5.90. The molecule has 12 rings (SSSR count). The van der Waals surface area contributed by atoms with Gasteiger partial charge in [0.15, 0.2) is 5.82 Å². The van der Waals surface area contributed by atoms with Crippen LogP contribution in [0.1, 0.15) is 0 Å². The molecule has 6 heterocycles. The van der Waals surface area contributed by atoms with Gasteiger partial charge in [-0.05, 0) is 126 Å². The minimum absolute atomic E-state index is 0.600. The van der Waals surface area contributed by atoms with E-state index in [0.29, 0.717) is 17.3 Å². The molecule has 0 saturated carbocycles. The van der Waals surface area contributed by atoms with Crippen molar-refractivity contribution in [1.29, 1.82) is 0 Å². The zero-order valence-electron chi connectivity index (χ0n) is 38.1. The first-order valence-corrected chi connectivity index (χ1v) is 23.1. The number of hydrogen-bond acceptors (Lipinski definition) is 8. The maximum Gasteiger partial charge on any atom is 0.159 e. The van der Waals surface area contributed by atoms with Crippen molar-refractivity contribution < 1.29 is 4.74 Å². The number of benzene rings is 6. The Balaban J connectivity index is 1.00. The Morgan fingerprint density at radius 1 is 0.324 bits per heavy atom. The Morgan fingerprint density at radius 3 is 1.39 bits per heavy atom. The fourth-order valence-electron chi connectivity index (χ4n) is 8.93. The molecule has 0 bridgehead atoms. The molecule has 71 heavy (non-hydrogen) atoms. The van der Waals surface area contributed by atoms with E-state index in [1.54, 1.807) is 18.6 Å². The van der Waals surface area contributed by atoms with Gasteiger partial charge in [-0.2, -0.15) is 0 Å². The molecule has 12 aromatic rings. The summed E-state index contributed by atoms with van der Waals surface area (Å²) in [7, 11) is 0. The smallest absolute Gasteiger partial charge is 0.159 e. The number of hydrogen-bond donors (Lipinski definition) is 0. The number of ether oxygens (including phenoxy) is 1. The number of rotatable bonds is 12. The Morgan fingerprint density at radius 2 is 0.831 bits per heavy atom. The Kier molecular flexibility index (Phi) is 11.3. The van der Waals surface area contributed by atoms with Crippen LogP contribution in [0.3, 0.4) is 0 Å². The monoisotopic (exact) mass is 915 g/mol. The fourth-order valence-corrected chi connectivity index (χ4v) is 8.93. The lowest BCUT2D eigenvalue weighted by Gasteiger charge is -2.18. The molecule has 0 N–H and O–H groups in total. The highest BCUT2D eigenvalue weighted by Crippen LogP contribution is 2.43. The number of aromatic nitrogens is 9. The third kappa shape index (κ3) is 8.76. The van der Waals surface area contributed by atoms with Crippen LogP contribution in [0, 0.1) is 0 Å². The summed E-state index contributed by atoms with van der Waals surface area (Å²) in [6, 6.07) is 65.8. The molecule has 0 aliphatic carbocycles. The standard InChI is InChI=1S/C61H41N9O/c1-2-14-53(54-27-22-45(61-67-31-10-32-68-61)37-60(54)71-51-12-9-11-44(36-51)57-17-5-8-30-66-57)52(13-1)46-33-47(58-38-62-40-69(58)49-23-18-42(19-24-49)55-15-3-6-28-64-55)35-48(34-46)59-39-63-41-70(59)50-25-20-43(21-26-50)56-16-4-7-29-65-56/h1-41H. The lowest BCUT2D eigenvalue weighted by atomic mass is 9.90. The summed E-state index contributed by atoms with van der Waals surface area (Å²) < 4.78 is 11.2. The highest BCUT2D eigenvalue weighted by atomic mass is 16.5. The minimum Gasteiger partial charge on any atom is -0.457 e. The summed E-state index contributed by atoms with van der Waals surface area (Å²) in [6.07, 6.45) is 16.5. The molecule has 6 aromatic carbocycles. The number of pyridine rings is 3. The van der Waals surface area contributed by atoms with Gasteiger partial charge in [-0.3, -0.25) is 24.1 Å². The third-order valence-corrected chi connectivity index (χ3v) is 12.4. The summed E-state index contributed by atoms with van der Waals surface area (Å²) in [5.41, 5.74) is 16.1. The van der Waals surface area contributed by atoms with Gasteiger partial charge >= 0.3 is 0 Å². The Hall–Kier alpha value is -9.93. The number of nitrogens with zero attached hydrogens (tertiary/aromatic N) is 9. The molecular formula is C61H41N9O. The SMILES string of the molecule is c1ccc(-c2ccc(-n3cncc3-c3cc(-c4ccccc4-c4ccc(-c5ncccn5)cc4Oc4cccc(-c5ccccn5)c4)cc(-c4cncn4-c4ccc(-c5ccccn5)cc4)c3)cc2)nc1. The van der Waals surface area contributed by atoms with Gasteiger partial charge in [-0.25, -0.2) is 19.9 Å². The first-order chi connectivity index (χ1) is 35.2. The molecule has 10 nitrogen and oxygen atoms in total. The molecule has 0 unspecified atom stereocenters. The van der Waals surface area contributed by atoms with E-state index in [-0.39, 0.29) is 0 Å². The summed E-state index contributed by atoms with van der Waals surface area (Å²) in [5.74, 6) is 1.92. The van der Waals surface area contributed by atoms with Gasteiger partial charge in [0.1, 0.15) is 11.5 Å². The van der Waals surface area contributed by atoms with Crippen LogP contribution in [0.5, 0.6) is 11.5 Å². The second-order valence-electron chi connectivity index (χ2n) is 16.8. The van der Waals surface area contributed by atoms with E-state index in [1.807, 2.05) is 128 Å². The zero-order chi connectivity index (χ0) is 47.3.